The SMILES string of the molecule is Cc1cc(Cl)ccc1OCC(=O)NCCCCCO. The van der Waals surface area contributed by atoms with E-state index < -0.39 is 0 Å². The van der Waals surface area contributed by atoms with Gasteiger partial charge in [-0.05, 0) is 49.9 Å². The van der Waals surface area contributed by atoms with Gasteiger partial charge in [-0.2, -0.15) is 0 Å². The fourth-order valence-corrected chi connectivity index (χ4v) is 1.84. The van der Waals surface area contributed by atoms with Crippen LogP contribution in [0.2, 0.25) is 5.02 Å². The van der Waals surface area contributed by atoms with Crippen LogP contribution in [0.1, 0.15) is 24.8 Å². The first-order valence-electron chi connectivity index (χ1n) is 6.40. The maximum atomic E-state index is 11.5. The second-order valence-electron chi connectivity index (χ2n) is 4.33. The van der Waals surface area contributed by atoms with Crippen molar-refractivity contribution in [1.29, 1.82) is 0 Å². The third-order valence-corrected chi connectivity index (χ3v) is 2.89. The number of halogens is 1. The molecule has 1 amide bonds. The topological polar surface area (TPSA) is 58.6 Å². The number of amides is 1. The number of rotatable bonds is 8. The molecule has 0 aromatic heterocycles. The van der Waals surface area contributed by atoms with E-state index in [1.165, 1.54) is 0 Å². The van der Waals surface area contributed by atoms with Gasteiger partial charge in [0, 0.05) is 18.2 Å². The van der Waals surface area contributed by atoms with Crippen molar-refractivity contribution in [3.8, 4) is 5.75 Å². The van der Waals surface area contributed by atoms with Crippen molar-refractivity contribution in [3.05, 3.63) is 28.8 Å². The van der Waals surface area contributed by atoms with Crippen LogP contribution in [0.3, 0.4) is 0 Å². The maximum Gasteiger partial charge on any atom is 0.257 e. The number of hydrogen-bond acceptors (Lipinski definition) is 3. The molecular formula is C14H20ClNO3. The molecule has 0 saturated heterocycles. The Hall–Kier alpha value is -1.26. The van der Waals surface area contributed by atoms with Gasteiger partial charge in [0.05, 0.1) is 0 Å². The Morgan fingerprint density at radius 1 is 1.37 bits per heavy atom. The molecule has 0 saturated carbocycles. The molecule has 1 aromatic carbocycles. The minimum Gasteiger partial charge on any atom is -0.484 e. The Balaban J connectivity index is 2.22. The minimum absolute atomic E-state index is 0.00245. The van der Waals surface area contributed by atoms with Gasteiger partial charge >= 0.3 is 0 Å². The van der Waals surface area contributed by atoms with Gasteiger partial charge < -0.3 is 15.2 Å². The standard InChI is InChI=1S/C14H20ClNO3/c1-11-9-12(15)5-6-13(11)19-10-14(18)16-7-3-2-4-8-17/h5-6,9,17H,2-4,7-8,10H2,1H3,(H,16,18). The lowest BCUT2D eigenvalue weighted by atomic mass is 10.2. The zero-order valence-corrected chi connectivity index (χ0v) is 11.9. The molecule has 0 aliphatic rings. The molecule has 2 N–H and O–H groups in total. The van der Waals surface area contributed by atoms with Crippen molar-refractivity contribution in [2.45, 2.75) is 26.2 Å². The maximum absolute atomic E-state index is 11.5. The van der Waals surface area contributed by atoms with Gasteiger partial charge in [0.2, 0.25) is 0 Å². The van der Waals surface area contributed by atoms with Crippen LogP contribution in [0, 0.1) is 6.92 Å². The first-order chi connectivity index (χ1) is 9.13. The number of benzene rings is 1. The van der Waals surface area contributed by atoms with Crippen LogP contribution < -0.4 is 10.1 Å². The molecule has 0 aliphatic carbocycles. The van der Waals surface area contributed by atoms with E-state index >= 15 is 0 Å². The number of nitrogens with one attached hydrogen (secondary N) is 1. The monoisotopic (exact) mass is 285 g/mol. The number of hydrogen-bond donors (Lipinski definition) is 2. The molecule has 19 heavy (non-hydrogen) atoms. The van der Waals surface area contributed by atoms with E-state index in [4.69, 9.17) is 21.4 Å². The Labute approximate surface area is 118 Å². The highest BCUT2D eigenvalue weighted by Crippen LogP contribution is 2.21. The molecule has 0 heterocycles. The quantitative estimate of drug-likeness (QED) is 0.721. The molecule has 0 aliphatic heterocycles. The Morgan fingerprint density at radius 2 is 2.16 bits per heavy atom. The largest absolute Gasteiger partial charge is 0.484 e. The van der Waals surface area contributed by atoms with E-state index in [-0.39, 0.29) is 19.1 Å². The number of ether oxygens (including phenoxy) is 1. The molecule has 1 rings (SSSR count). The zero-order chi connectivity index (χ0) is 14.1. The fraction of sp³-hybridized carbons (Fsp3) is 0.500. The zero-order valence-electron chi connectivity index (χ0n) is 11.1. The van der Waals surface area contributed by atoms with Gasteiger partial charge in [-0.3, -0.25) is 4.79 Å². The normalized spacial score (nSPS) is 10.3. The average Bonchev–Trinajstić information content (AvgIpc) is 2.37. The first-order valence-corrected chi connectivity index (χ1v) is 6.78. The number of unbranched alkanes of at least 4 members (excludes halogenated alkanes) is 2. The number of aliphatic hydroxyl groups excluding tert-OH is 1. The van der Waals surface area contributed by atoms with E-state index in [1.807, 2.05) is 6.92 Å². The molecule has 1 aromatic rings. The molecule has 0 radical (unpaired) electrons. The summed E-state index contributed by atoms with van der Waals surface area (Å²) in [4.78, 5) is 11.5. The van der Waals surface area contributed by atoms with Gasteiger partial charge in [-0.1, -0.05) is 11.6 Å². The van der Waals surface area contributed by atoms with E-state index in [0.717, 1.165) is 24.8 Å². The second kappa shape index (κ2) is 8.77. The van der Waals surface area contributed by atoms with E-state index in [0.29, 0.717) is 17.3 Å². The highest BCUT2D eigenvalue weighted by molar-refractivity contribution is 6.30. The smallest absolute Gasteiger partial charge is 0.257 e. The highest BCUT2D eigenvalue weighted by Gasteiger charge is 2.04. The van der Waals surface area contributed by atoms with Gasteiger partial charge in [0.15, 0.2) is 6.61 Å². The highest BCUT2D eigenvalue weighted by atomic mass is 35.5. The van der Waals surface area contributed by atoms with Crippen molar-refractivity contribution in [2.24, 2.45) is 0 Å². The summed E-state index contributed by atoms with van der Waals surface area (Å²) in [6.45, 7) is 2.70. The summed E-state index contributed by atoms with van der Waals surface area (Å²) in [5, 5.41) is 12.0. The predicted molar refractivity (Wildman–Crippen MR) is 75.6 cm³/mol. The number of aliphatic hydroxyl groups is 1. The molecule has 4 nitrogen and oxygen atoms in total. The number of aryl methyl sites for hydroxylation is 1. The van der Waals surface area contributed by atoms with Crippen LogP contribution >= 0.6 is 11.6 Å². The molecule has 0 atom stereocenters. The van der Waals surface area contributed by atoms with Gasteiger partial charge in [0.1, 0.15) is 5.75 Å². The second-order valence-corrected chi connectivity index (χ2v) is 4.77. The minimum atomic E-state index is -0.140. The van der Waals surface area contributed by atoms with Gasteiger partial charge in [-0.25, -0.2) is 0 Å². The van der Waals surface area contributed by atoms with Crippen molar-refractivity contribution >= 4 is 17.5 Å². The van der Waals surface area contributed by atoms with Crippen molar-refractivity contribution < 1.29 is 14.6 Å². The lowest BCUT2D eigenvalue weighted by Crippen LogP contribution is -2.29. The Bertz CT molecular complexity index is 410. The molecular weight excluding hydrogens is 266 g/mol. The third-order valence-electron chi connectivity index (χ3n) is 2.65. The number of carbonyl (C=O) groups is 1. The fourth-order valence-electron chi connectivity index (χ4n) is 1.61. The van der Waals surface area contributed by atoms with Crippen molar-refractivity contribution in [1.82, 2.24) is 5.32 Å². The summed E-state index contributed by atoms with van der Waals surface area (Å²) >= 11 is 5.84. The van der Waals surface area contributed by atoms with Crippen LogP contribution in [0.5, 0.6) is 5.75 Å². The molecule has 0 unspecified atom stereocenters. The van der Waals surface area contributed by atoms with Crippen LogP contribution in [-0.2, 0) is 4.79 Å². The van der Waals surface area contributed by atoms with Gasteiger partial charge in [-0.15, -0.1) is 0 Å². The summed E-state index contributed by atoms with van der Waals surface area (Å²) in [6, 6.07) is 5.28. The summed E-state index contributed by atoms with van der Waals surface area (Å²) in [7, 11) is 0. The first kappa shape index (κ1) is 15.8. The molecule has 0 spiro atoms. The van der Waals surface area contributed by atoms with Crippen LogP contribution in [0.4, 0.5) is 0 Å². The van der Waals surface area contributed by atoms with E-state index in [9.17, 15) is 4.79 Å². The molecule has 106 valence electrons. The Morgan fingerprint density at radius 3 is 2.84 bits per heavy atom. The molecule has 0 fully saturated rings. The van der Waals surface area contributed by atoms with Crippen molar-refractivity contribution in [3.63, 3.8) is 0 Å². The summed E-state index contributed by atoms with van der Waals surface area (Å²) in [6.07, 6.45) is 2.55. The summed E-state index contributed by atoms with van der Waals surface area (Å²) in [5.41, 5.74) is 0.906. The Kier molecular flexibility index (Phi) is 7.30. The molecule has 5 heteroatoms. The predicted octanol–water partition coefficient (Wildman–Crippen LogP) is 2.31. The average molecular weight is 286 g/mol. The summed E-state index contributed by atoms with van der Waals surface area (Å²) in [5.74, 6) is 0.526. The van der Waals surface area contributed by atoms with E-state index in [1.54, 1.807) is 18.2 Å². The van der Waals surface area contributed by atoms with Crippen LogP contribution in [-0.4, -0.2) is 30.8 Å². The van der Waals surface area contributed by atoms with Crippen LogP contribution in [0.15, 0.2) is 18.2 Å². The lowest BCUT2D eigenvalue weighted by Gasteiger charge is -2.09. The summed E-state index contributed by atoms with van der Waals surface area (Å²) < 4.78 is 5.42. The van der Waals surface area contributed by atoms with Crippen molar-refractivity contribution in [2.75, 3.05) is 19.8 Å². The van der Waals surface area contributed by atoms with E-state index in [2.05, 4.69) is 5.32 Å². The van der Waals surface area contributed by atoms with Gasteiger partial charge in [0.25, 0.3) is 5.91 Å². The lowest BCUT2D eigenvalue weighted by molar-refractivity contribution is -0.123. The number of carbonyl (C=O) groups excluding carboxylic acids is 1. The van der Waals surface area contributed by atoms with Crippen LogP contribution in [0.25, 0.3) is 0 Å². The third kappa shape index (κ3) is 6.45. The molecule has 0 bridgehead atoms.